The summed E-state index contributed by atoms with van der Waals surface area (Å²) in [5.74, 6) is -0.310. The summed E-state index contributed by atoms with van der Waals surface area (Å²) in [5, 5.41) is 5.60. The summed E-state index contributed by atoms with van der Waals surface area (Å²) in [4.78, 5) is 25.5. The van der Waals surface area contributed by atoms with E-state index < -0.39 is 0 Å². The van der Waals surface area contributed by atoms with Gasteiger partial charge in [0, 0.05) is 26.3 Å². The van der Waals surface area contributed by atoms with Gasteiger partial charge in [0.25, 0.3) is 0 Å². The predicted molar refractivity (Wildman–Crippen MR) is 90.1 cm³/mol. The number of carbonyl (C=O) groups is 2. The summed E-state index contributed by atoms with van der Waals surface area (Å²) in [5.41, 5.74) is 3.15. The van der Waals surface area contributed by atoms with Gasteiger partial charge in [-0.05, 0) is 24.0 Å². The maximum atomic E-state index is 12.4. The fourth-order valence-corrected chi connectivity index (χ4v) is 2.43. The van der Waals surface area contributed by atoms with Crippen molar-refractivity contribution >= 4 is 17.6 Å². The molecule has 2 N–H and O–H groups in total. The first-order valence-electron chi connectivity index (χ1n) is 7.78. The fraction of sp³-hybridized carbons (Fsp3) is 0.529. The third-order valence-electron chi connectivity index (χ3n) is 3.82. The van der Waals surface area contributed by atoms with E-state index in [4.69, 9.17) is 0 Å². The van der Waals surface area contributed by atoms with E-state index in [-0.39, 0.29) is 17.9 Å². The van der Waals surface area contributed by atoms with Crippen molar-refractivity contribution in [2.75, 3.05) is 26.0 Å². The summed E-state index contributed by atoms with van der Waals surface area (Å²) in [6.45, 7) is 6.32. The molecule has 1 aromatic carbocycles. The Morgan fingerprint density at radius 3 is 2.18 bits per heavy atom. The molecule has 5 nitrogen and oxygen atoms in total. The Morgan fingerprint density at radius 2 is 1.73 bits per heavy atom. The molecule has 122 valence electrons. The van der Waals surface area contributed by atoms with Crippen LogP contribution in [0.4, 0.5) is 10.5 Å². The van der Waals surface area contributed by atoms with Gasteiger partial charge >= 0.3 is 6.03 Å². The second-order valence-corrected chi connectivity index (χ2v) is 5.48. The van der Waals surface area contributed by atoms with E-state index in [1.165, 1.54) is 0 Å². The van der Waals surface area contributed by atoms with Crippen LogP contribution in [0, 0.1) is 5.92 Å². The highest BCUT2D eigenvalue weighted by Crippen LogP contribution is 2.23. The van der Waals surface area contributed by atoms with Gasteiger partial charge in [0.05, 0.1) is 5.92 Å². The van der Waals surface area contributed by atoms with Crippen LogP contribution in [-0.4, -0.2) is 37.5 Å². The quantitative estimate of drug-likeness (QED) is 0.849. The average Bonchev–Trinajstić information content (AvgIpc) is 2.53. The Hall–Kier alpha value is -2.04. The van der Waals surface area contributed by atoms with Gasteiger partial charge in [0.2, 0.25) is 5.91 Å². The Balaban J connectivity index is 2.82. The molecular weight excluding hydrogens is 278 g/mol. The monoisotopic (exact) mass is 305 g/mol. The Bertz CT molecular complexity index is 506. The molecule has 0 unspecified atom stereocenters. The first-order valence-corrected chi connectivity index (χ1v) is 7.78. The fourth-order valence-electron chi connectivity index (χ4n) is 2.43. The molecule has 22 heavy (non-hydrogen) atoms. The summed E-state index contributed by atoms with van der Waals surface area (Å²) in [6, 6.07) is 5.89. The second-order valence-electron chi connectivity index (χ2n) is 5.48. The summed E-state index contributed by atoms with van der Waals surface area (Å²) in [6.07, 6.45) is 1.73. The molecule has 0 heterocycles. The van der Waals surface area contributed by atoms with Gasteiger partial charge in [0.15, 0.2) is 0 Å². The predicted octanol–water partition coefficient (Wildman–Crippen LogP) is 2.66. The van der Waals surface area contributed by atoms with E-state index in [0.29, 0.717) is 6.54 Å². The zero-order valence-corrected chi connectivity index (χ0v) is 14.2. The number of urea groups is 1. The molecule has 0 spiro atoms. The third-order valence-corrected chi connectivity index (χ3v) is 3.82. The smallest absolute Gasteiger partial charge is 0.321 e. The largest absolute Gasteiger partial charge is 0.359 e. The van der Waals surface area contributed by atoms with Crippen LogP contribution in [-0.2, 0) is 17.6 Å². The van der Waals surface area contributed by atoms with Crippen LogP contribution < -0.4 is 10.6 Å². The van der Waals surface area contributed by atoms with E-state index in [1.807, 2.05) is 18.2 Å². The van der Waals surface area contributed by atoms with Crippen LogP contribution >= 0.6 is 0 Å². The molecule has 0 bridgehead atoms. The molecule has 0 saturated carbocycles. The van der Waals surface area contributed by atoms with Gasteiger partial charge in [-0.2, -0.15) is 0 Å². The number of amides is 3. The number of hydrogen-bond donors (Lipinski definition) is 2. The molecular formula is C17H27N3O2. The lowest BCUT2D eigenvalue weighted by Crippen LogP contribution is -2.39. The number of anilines is 1. The van der Waals surface area contributed by atoms with Gasteiger partial charge in [-0.3, -0.25) is 4.79 Å². The highest BCUT2D eigenvalue weighted by atomic mass is 16.2. The van der Waals surface area contributed by atoms with Gasteiger partial charge in [-0.25, -0.2) is 4.79 Å². The first kappa shape index (κ1) is 18.0. The van der Waals surface area contributed by atoms with Gasteiger partial charge in [0.1, 0.15) is 0 Å². The molecule has 0 fully saturated rings. The van der Waals surface area contributed by atoms with Gasteiger partial charge < -0.3 is 15.5 Å². The lowest BCUT2D eigenvalue weighted by molar-refractivity contribution is -0.124. The number of rotatable bonds is 6. The highest BCUT2D eigenvalue weighted by molar-refractivity contribution is 5.91. The molecule has 5 heteroatoms. The molecule has 1 rings (SSSR count). The van der Waals surface area contributed by atoms with E-state index >= 15 is 0 Å². The van der Waals surface area contributed by atoms with Crippen molar-refractivity contribution in [3.05, 3.63) is 29.3 Å². The Morgan fingerprint density at radius 1 is 1.18 bits per heavy atom. The zero-order chi connectivity index (χ0) is 16.7. The number of hydrogen-bond acceptors (Lipinski definition) is 2. The van der Waals surface area contributed by atoms with Crippen molar-refractivity contribution in [2.45, 2.75) is 33.6 Å². The van der Waals surface area contributed by atoms with Crippen molar-refractivity contribution in [3.63, 3.8) is 0 Å². The van der Waals surface area contributed by atoms with Crippen LogP contribution in [0.5, 0.6) is 0 Å². The van der Waals surface area contributed by atoms with Crippen LogP contribution in [0.15, 0.2) is 18.2 Å². The second kappa shape index (κ2) is 8.41. The summed E-state index contributed by atoms with van der Waals surface area (Å²) < 4.78 is 0. The van der Waals surface area contributed by atoms with Crippen LogP contribution in [0.2, 0.25) is 0 Å². The minimum atomic E-state index is -0.243. The summed E-state index contributed by atoms with van der Waals surface area (Å²) >= 11 is 0. The maximum Gasteiger partial charge on any atom is 0.321 e. The number of nitrogens with zero attached hydrogens (tertiary/aromatic N) is 1. The van der Waals surface area contributed by atoms with Crippen molar-refractivity contribution in [1.82, 2.24) is 10.2 Å². The van der Waals surface area contributed by atoms with Crippen LogP contribution in [0.3, 0.4) is 0 Å². The maximum absolute atomic E-state index is 12.4. The van der Waals surface area contributed by atoms with Crippen LogP contribution in [0.1, 0.15) is 31.9 Å². The van der Waals surface area contributed by atoms with Crippen molar-refractivity contribution in [3.8, 4) is 0 Å². The standard InChI is InChI=1S/C17H27N3O2/c1-6-13-9-8-10-14(7-2)15(13)19-17(22)20(5)11-12(3)16(21)18-4/h8-10,12H,6-7,11H2,1-5H3,(H,18,21)(H,19,22)/t12-/m0/s1. The van der Waals surface area contributed by atoms with Gasteiger partial charge in [-0.15, -0.1) is 0 Å². The minimum Gasteiger partial charge on any atom is -0.359 e. The number of carbonyl (C=O) groups excluding carboxylic acids is 2. The first-order chi connectivity index (χ1) is 10.4. The van der Waals surface area contributed by atoms with E-state index in [1.54, 1.807) is 25.9 Å². The SMILES string of the molecule is CCc1cccc(CC)c1NC(=O)N(C)C[C@H](C)C(=O)NC. The molecule has 0 saturated heterocycles. The Labute approximate surface area is 133 Å². The average molecular weight is 305 g/mol. The van der Waals surface area contributed by atoms with Crippen molar-refractivity contribution in [1.29, 1.82) is 0 Å². The minimum absolute atomic E-state index is 0.0668. The molecule has 3 amide bonds. The van der Waals surface area contributed by atoms with Crippen LogP contribution in [0.25, 0.3) is 0 Å². The molecule has 0 aliphatic rings. The lowest BCUT2D eigenvalue weighted by Gasteiger charge is -2.23. The normalized spacial score (nSPS) is 11.7. The van der Waals surface area contributed by atoms with Crippen molar-refractivity contribution in [2.24, 2.45) is 5.92 Å². The summed E-state index contributed by atoms with van der Waals surface area (Å²) in [7, 11) is 3.30. The topological polar surface area (TPSA) is 61.4 Å². The number of benzene rings is 1. The van der Waals surface area contributed by atoms with Gasteiger partial charge in [-0.1, -0.05) is 39.0 Å². The van der Waals surface area contributed by atoms with E-state index in [2.05, 4.69) is 24.5 Å². The van der Waals surface area contributed by atoms with E-state index in [0.717, 1.165) is 29.7 Å². The Kier molecular flexibility index (Phi) is 6.89. The molecule has 0 aliphatic heterocycles. The highest BCUT2D eigenvalue weighted by Gasteiger charge is 2.18. The zero-order valence-electron chi connectivity index (χ0n) is 14.2. The molecule has 0 aromatic heterocycles. The molecule has 0 aliphatic carbocycles. The van der Waals surface area contributed by atoms with E-state index in [9.17, 15) is 9.59 Å². The lowest BCUT2D eigenvalue weighted by atomic mass is 10.0. The number of nitrogens with one attached hydrogen (secondary N) is 2. The third kappa shape index (κ3) is 4.48. The molecule has 1 atom stereocenters. The number of aryl methyl sites for hydroxylation is 2. The molecule has 0 radical (unpaired) electrons. The molecule has 1 aromatic rings. The number of para-hydroxylation sites is 1. The van der Waals surface area contributed by atoms with Crippen molar-refractivity contribution < 1.29 is 9.59 Å².